The minimum Gasteiger partial charge on any atom is -0.300 e. The Balaban J connectivity index is 2.05. The number of hydrogen-bond donors (Lipinski definition) is 0. The van der Waals surface area contributed by atoms with Gasteiger partial charge in [-0.05, 0) is 62.3 Å². The molecular formula is C29H46O2. The summed E-state index contributed by atoms with van der Waals surface area (Å²) in [6.07, 6.45) is 13.5. The lowest BCUT2D eigenvalue weighted by molar-refractivity contribution is -0.125. The van der Waals surface area contributed by atoms with Gasteiger partial charge in [0.25, 0.3) is 0 Å². The Morgan fingerprint density at radius 2 is 1.87 bits per heavy atom. The fourth-order valence-electron chi connectivity index (χ4n) is 5.63. The Kier molecular flexibility index (Phi) is 11.5. The second kappa shape index (κ2) is 13.9. The van der Waals surface area contributed by atoms with E-state index in [4.69, 9.17) is 0 Å². The van der Waals surface area contributed by atoms with Gasteiger partial charge in [-0.2, -0.15) is 0 Å². The smallest absolute Gasteiger partial charge is 0.136 e. The van der Waals surface area contributed by atoms with E-state index in [1.54, 1.807) is 0 Å². The van der Waals surface area contributed by atoms with E-state index in [9.17, 15) is 9.59 Å². The number of rotatable bonds is 14. The van der Waals surface area contributed by atoms with Gasteiger partial charge in [-0.15, -0.1) is 0 Å². The Morgan fingerprint density at radius 1 is 1.06 bits per heavy atom. The van der Waals surface area contributed by atoms with Crippen molar-refractivity contribution >= 4 is 11.6 Å². The zero-order chi connectivity index (χ0) is 22.6. The summed E-state index contributed by atoms with van der Waals surface area (Å²) in [7, 11) is 0. The Labute approximate surface area is 191 Å². The average molecular weight is 427 g/mol. The maximum Gasteiger partial charge on any atom is 0.136 e. The molecular weight excluding hydrogens is 380 g/mol. The quantitative estimate of drug-likeness (QED) is 0.281. The number of Topliss-reactive ketones (excluding diaryl/α,β-unsaturated/α-hetero) is 2. The third kappa shape index (κ3) is 8.54. The Hall–Kier alpha value is -1.44. The summed E-state index contributed by atoms with van der Waals surface area (Å²) < 4.78 is 0. The van der Waals surface area contributed by atoms with Gasteiger partial charge in [0, 0.05) is 25.2 Å². The van der Waals surface area contributed by atoms with Crippen molar-refractivity contribution in [2.45, 2.75) is 117 Å². The van der Waals surface area contributed by atoms with Gasteiger partial charge >= 0.3 is 0 Å². The summed E-state index contributed by atoms with van der Waals surface area (Å²) in [5.74, 6) is 2.86. The van der Waals surface area contributed by atoms with E-state index in [0.717, 1.165) is 51.4 Å². The van der Waals surface area contributed by atoms with E-state index in [2.05, 4.69) is 45.0 Å². The highest BCUT2D eigenvalue weighted by Crippen LogP contribution is 2.42. The van der Waals surface area contributed by atoms with Crippen molar-refractivity contribution in [3.05, 3.63) is 35.4 Å². The molecule has 0 radical (unpaired) electrons. The van der Waals surface area contributed by atoms with Crippen LogP contribution in [0.2, 0.25) is 0 Å². The van der Waals surface area contributed by atoms with E-state index in [0.29, 0.717) is 35.7 Å². The van der Waals surface area contributed by atoms with Crippen molar-refractivity contribution in [3.63, 3.8) is 0 Å². The van der Waals surface area contributed by atoms with Crippen LogP contribution in [-0.2, 0) is 9.59 Å². The first-order valence-electron chi connectivity index (χ1n) is 13.1. The summed E-state index contributed by atoms with van der Waals surface area (Å²) >= 11 is 0. The third-order valence-corrected chi connectivity index (χ3v) is 7.59. The number of hydrogen-bond acceptors (Lipinski definition) is 2. The van der Waals surface area contributed by atoms with Gasteiger partial charge in [0.05, 0.1) is 0 Å². The molecule has 0 spiro atoms. The summed E-state index contributed by atoms with van der Waals surface area (Å²) in [6.45, 7) is 8.59. The van der Waals surface area contributed by atoms with Crippen molar-refractivity contribution in [1.82, 2.24) is 0 Å². The highest BCUT2D eigenvalue weighted by atomic mass is 16.1. The molecule has 174 valence electrons. The molecule has 0 aromatic heterocycles. The van der Waals surface area contributed by atoms with Gasteiger partial charge in [-0.25, -0.2) is 0 Å². The standard InChI is InChI=1S/C29H46O2/c1-5-12-23(6-2)20-29(31)26-16-11-15-25(21-26)28(18-9-8-17-27(30)7-3)24-14-10-13-22(4)19-24/h10,13-14,19,23,25-26,28H,5-9,11-12,15-18,20-21H2,1-4H3. The molecule has 2 nitrogen and oxygen atoms in total. The SMILES string of the molecule is CCCC(CC)CC(=O)C1CCCC(C(CCCCC(=O)CC)c2cccc(C)c2)C1. The van der Waals surface area contributed by atoms with Crippen molar-refractivity contribution < 1.29 is 9.59 Å². The summed E-state index contributed by atoms with van der Waals surface area (Å²) in [6, 6.07) is 8.99. The van der Waals surface area contributed by atoms with E-state index in [-0.39, 0.29) is 5.92 Å². The lowest BCUT2D eigenvalue weighted by atomic mass is 9.69. The topological polar surface area (TPSA) is 34.1 Å². The van der Waals surface area contributed by atoms with Crippen LogP contribution in [-0.4, -0.2) is 11.6 Å². The van der Waals surface area contributed by atoms with Crippen LogP contribution in [0.15, 0.2) is 24.3 Å². The van der Waals surface area contributed by atoms with Crippen LogP contribution >= 0.6 is 0 Å². The van der Waals surface area contributed by atoms with Gasteiger partial charge in [-0.3, -0.25) is 9.59 Å². The number of benzene rings is 1. The predicted octanol–water partition coefficient (Wildman–Crippen LogP) is 8.21. The lowest BCUT2D eigenvalue weighted by Crippen LogP contribution is -2.28. The van der Waals surface area contributed by atoms with Gasteiger partial charge in [0.1, 0.15) is 11.6 Å². The van der Waals surface area contributed by atoms with E-state index in [1.807, 2.05) is 6.92 Å². The average Bonchev–Trinajstić information content (AvgIpc) is 2.78. The lowest BCUT2D eigenvalue weighted by Gasteiger charge is -2.35. The molecule has 0 amide bonds. The zero-order valence-corrected chi connectivity index (χ0v) is 20.6. The van der Waals surface area contributed by atoms with E-state index < -0.39 is 0 Å². The Bertz CT molecular complexity index is 677. The van der Waals surface area contributed by atoms with Crippen LogP contribution in [0.5, 0.6) is 0 Å². The molecule has 1 aliphatic carbocycles. The summed E-state index contributed by atoms with van der Waals surface area (Å²) in [5, 5.41) is 0. The number of aryl methyl sites for hydroxylation is 1. The summed E-state index contributed by atoms with van der Waals surface area (Å²) in [5.41, 5.74) is 2.76. The molecule has 1 aliphatic rings. The third-order valence-electron chi connectivity index (χ3n) is 7.59. The number of carbonyl (C=O) groups excluding carboxylic acids is 2. The first kappa shape index (κ1) is 25.8. The minimum absolute atomic E-state index is 0.263. The highest BCUT2D eigenvalue weighted by molar-refractivity contribution is 5.81. The molecule has 1 saturated carbocycles. The first-order valence-corrected chi connectivity index (χ1v) is 13.1. The molecule has 1 fully saturated rings. The molecule has 1 aromatic carbocycles. The minimum atomic E-state index is 0.263. The number of ketones is 2. The molecule has 0 bridgehead atoms. The van der Waals surface area contributed by atoms with Crippen LogP contribution in [0.1, 0.15) is 121 Å². The molecule has 0 saturated heterocycles. The monoisotopic (exact) mass is 426 g/mol. The fraction of sp³-hybridized carbons (Fsp3) is 0.724. The van der Waals surface area contributed by atoms with Crippen LogP contribution in [0.4, 0.5) is 0 Å². The second-order valence-corrected chi connectivity index (χ2v) is 10.0. The van der Waals surface area contributed by atoms with Gasteiger partial charge in [0.2, 0.25) is 0 Å². The summed E-state index contributed by atoms with van der Waals surface area (Å²) in [4.78, 5) is 24.8. The molecule has 2 rings (SSSR count). The highest BCUT2D eigenvalue weighted by Gasteiger charge is 2.32. The van der Waals surface area contributed by atoms with Crippen molar-refractivity contribution in [2.24, 2.45) is 17.8 Å². The fourth-order valence-corrected chi connectivity index (χ4v) is 5.63. The molecule has 4 atom stereocenters. The van der Waals surface area contributed by atoms with E-state index >= 15 is 0 Å². The first-order chi connectivity index (χ1) is 15.0. The maximum atomic E-state index is 13.1. The van der Waals surface area contributed by atoms with Gasteiger partial charge < -0.3 is 0 Å². The Morgan fingerprint density at radius 3 is 2.55 bits per heavy atom. The van der Waals surface area contributed by atoms with Crippen LogP contribution < -0.4 is 0 Å². The second-order valence-electron chi connectivity index (χ2n) is 10.0. The van der Waals surface area contributed by atoms with Gasteiger partial charge in [0.15, 0.2) is 0 Å². The van der Waals surface area contributed by atoms with Crippen LogP contribution in [0.25, 0.3) is 0 Å². The van der Waals surface area contributed by atoms with Crippen molar-refractivity contribution in [1.29, 1.82) is 0 Å². The molecule has 0 aliphatic heterocycles. The molecule has 2 heteroatoms. The van der Waals surface area contributed by atoms with Crippen LogP contribution in [0, 0.1) is 24.7 Å². The zero-order valence-electron chi connectivity index (χ0n) is 20.6. The normalized spacial score (nSPS) is 20.9. The predicted molar refractivity (Wildman–Crippen MR) is 131 cm³/mol. The molecule has 0 N–H and O–H groups in total. The van der Waals surface area contributed by atoms with Crippen molar-refractivity contribution in [2.75, 3.05) is 0 Å². The van der Waals surface area contributed by atoms with E-state index in [1.165, 1.54) is 36.8 Å². The number of carbonyl (C=O) groups is 2. The molecule has 4 unspecified atom stereocenters. The van der Waals surface area contributed by atoms with Gasteiger partial charge in [-0.1, -0.05) is 82.7 Å². The van der Waals surface area contributed by atoms with Crippen molar-refractivity contribution in [3.8, 4) is 0 Å². The molecule has 1 aromatic rings. The maximum absolute atomic E-state index is 13.1. The number of unbranched alkanes of at least 4 members (excludes halogenated alkanes) is 1. The molecule has 31 heavy (non-hydrogen) atoms. The van der Waals surface area contributed by atoms with Crippen LogP contribution in [0.3, 0.4) is 0 Å². The largest absolute Gasteiger partial charge is 0.300 e. The molecule has 0 heterocycles.